The molecule has 0 aliphatic rings. The van der Waals surface area contributed by atoms with Gasteiger partial charge in [0.25, 0.3) is 0 Å². The number of methoxy groups -OCH3 is 1. The fourth-order valence-corrected chi connectivity index (χ4v) is 4.10. The van der Waals surface area contributed by atoms with Crippen LogP contribution in [0, 0.1) is 0 Å². The Morgan fingerprint density at radius 3 is 1.69 bits per heavy atom. The van der Waals surface area contributed by atoms with Crippen LogP contribution in [-0.4, -0.2) is 48.2 Å². The molecule has 0 heterocycles. The largest absolute Gasteiger partial charge is 0.467 e. The highest BCUT2D eigenvalue weighted by Gasteiger charge is 2.37. The predicted octanol–water partition coefficient (Wildman–Crippen LogP) is 6.90. The Morgan fingerprint density at radius 2 is 1.26 bits per heavy atom. The third-order valence-electron chi connectivity index (χ3n) is 6.07. The van der Waals surface area contributed by atoms with Gasteiger partial charge in [0.05, 0.1) is 7.11 Å². The molecule has 0 aliphatic heterocycles. The summed E-state index contributed by atoms with van der Waals surface area (Å²) in [6.45, 7) is 7.94. The number of carbonyl (C=O) groups is 3. The second-order valence-electron chi connectivity index (χ2n) is 10.6. The van der Waals surface area contributed by atoms with E-state index >= 15 is 0 Å². The lowest BCUT2D eigenvalue weighted by atomic mass is 10.0. The zero-order valence-electron chi connectivity index (χ0n) is 23.4. The predicted molar refractivity (Wildman–Crippen MR) is 142 cm³/mol. The minimum atomic E-state index is -0.990. The molecule has 2 N–H and O–H groups in total. The molecule has 0 aliphatic carbocycles. The van der Waals surface area contributed by atoms with Crippen molar-refractivity contribution in [2.45, 2.75) is 148 Å². The van der Waals surface area contributed by atoms with Gasteiger partial charge in [-0.2, -0.15) is 0 Å². The van der Waals surface area contributed by atoms with Crippen molar-refractivity contribution in [3.05, 3.63) is 0 Å². The van der Waals surface area contributed by atoms with Crippen LogP contribution in [0.15, 0.2) is 0 Å². The lowest BCUT2D eigenvalue weighted by molar-refractivity contribution is -0.152. The third-order valence-corrected chi connectivity index (χ3v) is 6.07. The van der Waals surface area contributed by atoms with E-state index in [2.05, 4.69) is 6.92 Å². The maximum Gasteiger partial charge on any atom is 0.417 e. The summed E-state index contributed by atoms with van der Waals surface area (Å²) in [5.74, 6) is -0.989. The fraction of sp³-hybridized carbons (Fsp3) is 0.893. The molecule has 0 aromatic rings. The molecular formula is C28H54N2O5. The number of nitrogens with two attached hydrogens (primary N) is 1. The van der Waals surface area contributed by atoms with Crippen molar-refractivity contribution in [2.75, 3.05) is 13.7 Å². The Labute approximate surface area is 214 Å². The van der Waals surface area contributed by atoms with Crippen LogP contribution in [0.1, 0.15) is 137 Å². The van der Waals surface area contributed by atoms with E-state index in [1.165, 1.54) is 71.3 Å². The van der Waals surface area contributed by atoms with E-state index in [0.717, 1.165) is 17.7 Å². The summed E-state index contributed by atoms with van der Waals surface area (Å²) in [4.78, 5) is 39.4. The van der Waals surface area contributed by atoms with Crippen molar-refractivity contribution in [1.82, 2.24) is 4.90 Å². The smallest absolute Gasteiger partial charge is 0.417 e. The first kappa shape index (κ1) is 33.4. The Bertz CT molecular complexity index is 574. The molecule has 1 atom stereocenters. The molecule has 0 radical (unpaired) electrons. The normalized spacial score (nSPS) is 12.3. The van der Waals surface area contributed by atoms with Crippen molar-refractivity contribution in [3.63, 3.8) is 0 Å². The van der Waals surface area contributed by atoms with Gasteiger partial charge in [-0.25, -0.2) is 14.5 Å². The van der Waals surface area contributed by atoms with Crippen LogP contribution >= 0.6 is 0 Å². The van der Waals surface area contributed by atoms with Gasteiger partial charge in [-0.15, -0.1) is 0 Å². The van der Waals surface area contributed by atoms with E-state index in [1.54, 1.807) is 20.8 Å². The SMILES string of the molecule is CCCCCCCCCCCCCCCC(=O)N(C(=O)OC(C)(C)C)[C@@H](CCCCN)C(=O)OC. The number of unbranched alkanes of at least 4 members (excludes halogenated alkanes) is 13. The van der Waals surface area contributed by atoms with E-state index in [0.29, 0.717) is 32.2 Å². The highest BCUT2D eigenvalue weighted by atomic mass is 16.6. The van der Waals surface area contributed by atoms with E-state index in [4.69, 9.17) is 15.2 Å². The first-order valence-electron chi connectivity index (χ1n) is 14.0. The number of imide groups is 1. The van der Waals surface area contributed by atoms with Gasteiger partial charge in [0.2, 0.25) is 5.91 Å². The topological polar surface area (TPSA) is 98.9 Å². The number of amides is 2. The average Bonchev–Trinajstić information content (AvgIpc) is 2.79. The molecule has 0 saturated heterocycles. The van der Waals surface area contributed by atoms with Gasteiger partial charge in [0.1, 0.15) is 11.6 Å². The van der Waals surface area contributed by atoms with Crippen LogP contribution in [0.3, 0.4) is 0 Å². The number of hydrogen-bond acceptors (Lipinski definition) is 6. The summed E-state index contributed by atoms with van der Waals surface area (Å²) >= 11 is 0. The minimum absolute atomic E-state index is 0.210. The Hall–Kier alpha value is -1.63. The van der Waals surface area contributed by atoms with E-state index < -0.39 is 23.7 Å². The third kappa shape index (κ3) is 17.4. The molecular weight excluding hydrogens is 444 g/mol. The van der Waals surface area contributed by atoms with Crippen LogP contribution in [0.5, 0.6) is 0 Å². The van der Waals surface area contributed by atoms with Gasteiger partial charge in [-0.05, 0) is 53.0 Å². The van der Waals surface area contributed by atoms with Crippen molar-refractivity contribution < 1.29 is 23.9 Å². The Kier molecular flexibility index (Phi) is 19.6. The monoisotopic (exact) mass is 498 g/mol. The van der Waals surface area contributed by atoms with Crippen LogP contribution in [0.2, 0.25) is 0 Å². The van der Waals surface area contributed by atoms with Gasteiger partial charge in [0, 0.05) is 6.42 Å². The number of nitrogens with zero attached hydrogens (tertiary/aromatic N) is 1. The summed E-state index contributed by atoms with van der Waals surface area (Å²) in [5.41, 5.74) is 4.80. The van der Waals surface area contributed by atoms with Gasteiger partial charge >= 0.3 is 12.1 Å². The van der Waals surface area contributed by atoms with Crippen molar-refractivity contribution in [3.8, 4) is 0 Å². The lowest BCUT2D eigenvalue weighted by Crippen LogP contribution is -2.50. The molecule has 0 rings (SSSR count). The van der Waals surface area contributed by atoms with Crippen LogP contribution in [0.4, 0.5) is 4.79 Å². The van der Waals surface area contributed by atoms with E-state index in [1.807, 2.05) is 0 Å². The molecule has 7 nitrogen and oxygen atoms in total. The number of hydrogen-bond donors (Lipinski definition) is 1. The van der Waals surface area contributed by atoms with Crippen LogP contribution < -0.4 is 5.73 Å². The van der Waals surface area contributed by atoms with Crippen LogP contribution in [-0.2, 0) is 19.1 Å². The van der Waals surface area contributed by atoms with Gasteiger partial charge in [-0.1, -0.05) is 84.0 Å². The molecule has 2 amide bonds. The molecule has 0 unspecified atom stereocenters. The second-order valence-corrected chi connectivity index (χ2v) is 10.6. The zero-order chi connectivity index (χ0) is 26.5. The van der Waals surface area contributed by atoms with Gasteiger partial charge < -0.3 is 15.2 Å². The van der Waals surface area contributed by atoms with Crippen molar-refractivity contribution in [2.24, 2.45) is 5.73 Å². The quantitative estimate of drug-likeness (QED) is 0.145. The van der Waals surface area contributed by atoms with Crippen molar-refractivity contribution >= 4 is 18.0 Å². The molecule has 0 bridgehead atoms. The maximum absolute atomic E-state index is 13.1. The Balaban J connectivity index is 4.56. The highest BCUT2D eigenvalue weighted by Crippen LogP contribution is 2.19. The summed E-state index contributed by atoms with van der Waals surface area (Å²) in [5, 5.41) is 0. The van der Waals surface area contributed by atoms with Crippen LogP contribution in [0.25, 0.3) is 0 Å². The zero-order valence-corrected chi connectivity index (χ0v) is 23.4. The summed E-state index contributed by atoms with van der Waals surface area (Å²) in [6.07, 6.45) is 16.8. The summed E-state index contributed by atoms with van der Waals surface area (Å²) in [6, 6.07) is -0.990. The van der Waals surface area contributed by atoms with Gasteiger partial charge in [-0.3, -0.25) is 4.79 Å². The fourth-order valence-electron chi connectivity index (χ4n) is 4.10. The second kappa shape index (κ2) is 20.6. The van der Waals surface area contributed by atoms with Gasteiger partial charge in [0.15, 0.2) is 0 Å². The molecule has 0 saturated carbocycles. The molecule has 0 spiro atoms. The summed E-state index contributed by atoms with van der Waals surface area (Å²) < 4.78 is 10.4. The van der Waals surface area contributed by atoms with Crippen molar-refractivity contribution in [1.29, 1.82) is 0 Å². The van der Waals surface area contributed by atoms with E-state index in [9.17, 15) is 14.4 Å². The first-order chi connectivity index (χ1) is 16.7. The Morgan fingerprint density at radius 1 is 0.771 bits per heavy atom. The standard InChI is InChI=1S/C28H54N2O5/c1-6-7-8-9-10-11-12-13-14-15-16-17-18-22-25(31)30(27(33)35-28(2,3)4)24(26(32)34-5)21-19-20-23-29/h24H,6-23,29H2,1-5H3/t24-/m0/s1. The molecule has 7 heteroatoms. The van der Waals surface area contributed by atoms with E-state index in [-0.39, 0.29) is 12.3 Å². The highest BCUT2D eigenvalue weighted by molar-refractivity contribution is 5.96. The number of rotatable bonds is 20. The molecule has 0 aromatic carbocycles. The molecule has 206 valence electrons. The number of esters is 1. The minimum Gasteiger partial charge on any atom is -0.467 e. The number of ether oxygens (including phenoxy) is 2. The molecule has 35 heavy (non-hydrogen) atoms. The molecule has 0 fully saturated rings. The molecule has 0 aromatic heterocycles. The maximum atomic E-state index is 13.1. The number of carbonyl (C=O) groups excluding carboxylic acids is 3. The lowest BCUT2D eigenvalue weighted by Gasteiger charge is -2.31. The first-order valence-corrected chi connectivity index (χ1v) is 14.0. The summed E-state index contributed by atoms with van der Waals surface area (Å²) in [7, 11) is 1.27. The average molecular weight is 499 g/mol.